The minimum atomic E-state index is -4.54. The molecule has 0 amide bonds. The molecule has 1 rings (SSSR count). The molecular weight excluding hydrogens is 243 g/mol. The molecule has 0 saturated heterocycles. The van der Waals surface area contributed by atoms with Gasteiger partial charge in [-0.05, 0) is 12.8 Å². The molecule has 0 radical (unpaired) electrons. The van der Waals surface area contributed by atoms with E-state index < -0.39 is 6.36 Å². The normalized spacial score (nSPS) is 21.0. The predicted octanol–water partition coefficient (Wildman–Crippen LogP) is 3.05. The molecular formula is C10H17ClF3NO. The Morgan fingerprint density at radius 2 is 1.81 bits per heavy atom. The Bertz CT molecular complexity index is 205. The van der Waals surface area contributed by atoms with Crippen LogP contribution in [-0.2, 0) is 4.74 Å². The minimum Gasteiger partial charge on any atom is -0.308 e. The van der Waals surface area contributed by atoms with E-state index in [0.717, 1.165) is 25.7 Å². The molecule has 16 heavy (non-hydrogen) atoms. The molecule has 1 aliphatic carbocycles. The first-order valence-corrected chi connectivity index (χ1v) is 6.03. The van der Waals surface area contributed by atoms with Crippen molar-refractivity contribution < 1.29 is 17.9 Å². The van der Waals surface area contributed by atoms with Crippen molar-refractivity contribution in [1.82, 2.24) is 5.32 Å². The molecule has 0 aliphatic heterocycles. The Hall–Kier alpha value is 0. The first-order valence-electron chi connectivity index (χ1n) is 5.49. The van der Waals surface area contributed by atoms with Crippen LogP contribution in [0.15, 0.2) is 0 Å². The van der Waals surface area contributed by atoms with Crippen LogP contribution in [-0.4, -0.2) is 30.9 Å². The van der Waals surface area contributed by atoms with E-state index in [2.05, 4.69) is 10.1 Å². The smallest absolute Gasteiger partial charge is 0.308 e. The highest BCUT2D eigenvalue weighted by molar-refractivity contribution is 6.18. The third kappa shape index (κ3) is 4.89. The van der Waals surface area contributed by atoms with Gasteiger partial charge in [0, 0.05) is 18.0 Å². The zero-order valence-electron chi connectivity index (χ0n) is 9.08. The minimum absolute atomic E-state index is 0.186. The van der Waals surface area contributed by atoms with Crippen LogP contribution in [0.4, 0.5) is 13.2 Å². The van der Waals surface area contributed by atoms with Crippen LogP contribution in [0, 0.1) is 0 Å². The van der Waals surface area contributed by atoms with Gasteiger partial charge in [-0.3, -0.25) is 4.74 Å². The van der Waals surface area contributed by atoms with E-state index in [9.17, 15) is 13.2 Å². The summed E-state index contributed by atoms with van der Waals surface area (Å²) in [4.78, 5) is 0. The molecule has 96 valence electrons. The summed E-state index contributed by atoms with van der Waals surface area (Å²) in [7, 11) is 0. The summed E-state index contributed by atoms with van der Waals surface area (Å²) >= 11 is 5.88. The van der Waals surface area contributed by atoms with Crippen LogP contribution in [0.5, 0.6) is 0 Å². The molecule has 0 heterocycles. The van der Waals surface area contributed by atoms with Gasteiger partial charge in [0.1, 0.15) is 0 Å². The van der Waals surface area contributed by atoms with E-state index in [1.807, 2.05) is 0 Å². The Morgan fingerprint density at radius 3 is 2.31 bits per heavy atom. The van der Waals surface area contributed by atoms with Crippen molar-refractivity contribution in [3.05, 3.63) is 0 Å². The highest BCUT2D eigenvalue weighted by Gasteiger charge is 2.32. The Labute approximate surface area is 98.5 Å². The topological polar surface area (TPSA) is 21.3 Å². The van der Waals surface area contributed by atoms with Gasteiger partial charge in [-0.25, -0.2) is 0 Å². The fourth-order valence-electron chi connectivity index (χ4n) is 2.07. The van der Waals surface area contributed by atoms with Crippen LogP contribution in [0.3, 0.4) is 0 Å². The number of ether oxygens (including phenoxy) is 1. The lowest BCUT2D eigenvalue weighted by atomic mass is 9.83. The monoisotopic (exact) mass is 259 g/mol. The third-order valence-corrected chi connectivity index (χ3v) is 3.45. The molecule has 1 fully saturated rings. The van der Waals surface area contributed by atoms with Crippen molar-refractivity contribution in [3.63, 3.8) is 0 Å². The van der Waals surface area contributed by atoms with Gasteiger partial charge < -0.3 is 5.32 Å². The summed E-state index contributed by atoms with van der Waals surface area (Å²) in [6, 6.07) is 0. The first kappa shape index (κ1) is 14.1. The molecule has 1 saturated carbocycles. The molecule has 0 aromatic carbocycles. The van der Waals surface area contributed by atoms with Crippen molar-refractivity contribution >= 4 is 11.6 Å². The van der Waals surface area contributed by atoms with E-state index in [4.69, 9.17) is 11.6 Å². The van der Waals surface area contributed by atoms with Crippen LogP contribution >= 0.6 is 11.6 Å². The summed E-state index contributed by atoms with van der Waals surface area (Å²) in [5.41, 5.74) is -0.186. The molecule has 1 N–H and O–H groups in total. The lowest BCUT2D eigenvalue weighted by Crippen LogP contribution is -2.49. The lowest BCUT2D eigenvalue weighted by molar-refractivity contribution is -0.323. The van der Waals surface area contributed by atoms with Crippen LogP contribution < -0.4 is 5.32 Å². The second-order valence-electron chi connectivity index (χ2n) is 4.20. The van der Waals surface area contributed by atoms with Crippen LogP contribution in [0.1, 0.15) is 32.1 Å². The van der Waals surface area contributed by atoms with Gasteiger partial charge in [-0.1, -0.05) is 19.3 Å². The number of hydrogen-bond acceptors (Lipinski definition) is 2. The number of rotatable bonds is 5. The summed E-state index contributed by atoms with van der Waals surface area (Å²) in [6.45, 7) is -0.172. The van der Waals surface area contributed by atoms with E-state index in [1.165, 1.54) is 6.42 Å². The largest absolute Gasteiger partial charge is 0.522 e. The van der Waals surface area contributed by atoms with Gasteiger partial charge in [-0.15, -0.1) is 24.8 Å². The van der Waals surface area contributed by atoms with E-state index in [0.29, 0.717) is 5.88 Å². The average Bonchev–Trinajstić information content (AvgIpc) is 2.25. The van der Waals surface area contributed by atoms with Gasteiger partial charge >= 0.3 is 6.36 Å². The SMILES string of the molecule is FC(F)(F)OCCNC1(CCl)CCCCC1. The molecule has 1 aliphatic rings. The Balaban J connectivity index is 2.23. The Kier molecular flexibility index (Phi) is 5.34. The van der Waals surface area contributed by atoms with Gasteiger partial charge in [0.25, 0.3) is 0 Å². The average molecular weight is 260 g/mol. The lowest BCUT2D eigenvalue weighted by Gasteiger charge is -2.36. The number of nitrogens with one attached hydrogen (secondary N) is 1. The van der Waals surface area contributed by atoms with Crippen molar-refractivity contribution in [2.24, 2.45) is 0 Å². The molecule has 0 unspecified atom stereocenters. The quantitative estimate of drug-likeness (QED) is 0.605. The zero-order valence-corrected chi connectivity index (χ0v) is 9.83. The summed E-state index contributed by atoms with van der Waals surface area (Å²) in [5.74, 6) is 0.443. The predicted molar refractivity (Wildman–Crippen MR) is 56.5 cm³/mol. The fourth-order valence-corrected chi connectivity index (χ4v) is 2.43. The third-order valence-electron chi connectivity index (χ3n) is 2.93. The molecule has 0 spiro atoms. The summed E-state index contributed by atoms with van der Waals surface area (Å²) in [6.07, 6.45) is 0.673. The summed E-state index contributed by atoms with van der Waals surface area (Å²) in [5, 5.41) is 3.10. The first-order chi connectivity index (χ1) is 7.47. The van der Waals surface area contributed by atoms with Gasteiger partial charge in [0.05, 0.1) is 6.61 Å². The second-order valence-corrected chi connectivity index (χ2v) is 4.46. The van der Waals surface area contributed by atoms with Gasteiger partial charge in [-0.2, -0.15) is 0 Å². The van der Waals surface area contributed by atoms with Crippen molar-refractivity contribution in [3.8, 4) is 0 Å². The molecule has 0 aromatic heterocycles. The van der Waals surface area contributed by atoms with Crippen molar-refractivity contribution in [2.75, 3.05) is 19.0 Å². The van der Waals surface area contributed by atoms with Crippen LogP contribution in [0.2, 0.25) is 0 Å². The Morgan fingerprint density at radius 1 is 1.19 bits per heavy atom. The number of halogens is 4. The second kappa shape index (κ2) is 6.07. The maximum Gasteiger partial charge on any atom is 0.522 e. The molecule has 0 bridgehead atoms. The molecule has 6 heteroatoms. The van der Waals surface area contributed by atoms with E-state index in [-0.39, 0.29) is 18.7 Å². The van der Waals surface area contributed by atoms with Gasteiger partial charge in [0.15, 0.2) is 0 Å². The van der Waals surface area contributed by atoms with E-state index in [1.54, 1.807) is 0 Å². The number of alkyl halides is 4. The molecule has 0 aromatic rings. The molecule has 0 atom stereocenters. The van der Waals surface area contributed by atoms with Gasteiger partial charge in [0.2, 0.25) is 0 Å². The number of hydrogen-bond donors (Lipinski definition) is 1. The molecule has 2 nitrogen and oxygen atoms in total. The standard InChI is InChI=1S/C10H17ClF3NO/c11-8-9(4-2-1-3-5-9)15-6-7-16-10(12,13)14/h15H,1-8H2. The van der Waals surface area contributed by atoms with Crippen molar-refractivity contribution in [1.29, 1.82) is 0 Å². The maximum atomic E-state index is 11.7. The van der Waals surface area contributed by atoms with Crippen LogP contribution in [0.25, 0.3) is 0 Å². The van der Waals surface area contributed by atoms with Crippen molar-refractivity contribution in [2.45, 2.75) is 44.0 Å². The highest BCUT2D eigenvalue weighted by atomic mass is 35.5. The zero-order chi connectivity index (χ0) is 12.1. The van der Waals surface area contributed by atoms with E-state index >= 15 is 0 Å². The highest BCUT2D eigenvalue weighted by Crippen LogP contribution is 2.29. The fraction of sp³-hybridized carbons (Fsp3) is 1.00. The maximum absolute atomic E-state index is 11.7. The summed E-state index contributed by atoms with van der Waals surface area (Å²) < 4.78 is 38.9.